The minimum absolute atomic E-state index is 0.312. The van der Waals surface area contributed by atoms with Gasteiger partial charge in [-0.15, -0.1) is 0 Å². The first-order valence-corrected chi connectivity index (χ1v) is 8.13. The number of amides is 1. The number of carbonyl (C=O) groups excluding carboxylic acids is 3. The van der Waals surface area contributed by atoms with Crippen LogP contribution in [0.4, 0.5) is 0 Å². The fraction of sp³-hybridized carbons (Fsp3) is 0.250. The molecule has 0 aromatic heterocycles. The summed E-state index contributed by atoms with van der Waals surface area (Å²) in [6, 6.07) is 13.5. The van der Waals surface area contributed by atoms with Crippen LogP contribution in [0.5, 0.6) is 5.75 Å². The van der Waals surface area contributed by atoms with Crippen LogP contribution in [-0.4, -0.2) is 37.4 Å². The summed E-state index contributed by atoms with van der Waals surface area (Å²) in [7, 11) is 1.53. The van der Waals surface area contributed by atoms with E-state index in [4.69, 9.17) is 9.47 Å². The Balaban J connectivity index is 1.86. The number of esters is 1. The number of ketones is 1. The van der Waals surface area contributed by atoms with E-state index in [-0.39, 0.29) is 18.2 Å². The lowest BCUT2D eigenvalue weighted by atomic mass is 10.1. The quantitative estimate of drug-likeness (QED) is 0.610. The summed E-state index contributed by atoms with van der Waals surface area (Å²) < 4.78 is 10.1. The van der Waals surface area contributed by atoms with Crippen LogP contribution in [0.3, 0.4) is 0 Å². The summed E-state index contributed by atoms with van der Waals surface area (Å²) in [6.07, 6.45) is -0.952. The lowest BCUT2D eigenvalue weighted by molar-refractivity contribution is -0.145. The van der Waals surface area contributed by atoms with Crippen LogP contribution in [0.25, 0.3) is 0 Å². The summed E-state index contributed by atoms with van der Waals surface area (Å²) in [6.45, 7) is 3.05. The van der Waals surface area contributed by atoms with Crippen molar-refractivity contribution in [2.24, 2.45) is 0 Å². The third-order valence-electron chi connectivity index (χ3n) is 3.73. The van der Waals surface area contributed by atoms with Gasteiger partial charge in [-0.05, 0) is 50.2 Å². The van der Waals surface area contributed by atoms with Crippen LogP contribution in [0, 0.1) is 6.92 Å². The van der Waals surface area contributed by atoms with Gasteiger partial charge in [-0.25, -0.2) is 0 Å². The summed E-state index contributed by atoms with van der Waals surface area (Å²) >= 11 is 0. The van der Waals surface area contributed by atoms with Crippen molar-refractivity contribution < 1.29 is 23.9 Å². The van der Waals surface area contributed by atoms with Crippen molar-refractivity contribution in [2.75, 3.05) is 13.7 Å². The molecule has 0 heterocycles. The zero-order valence-corrected chi connectivity index (χ0v) is 14.9. The molecule has 26 heavy (non-hydrogen) atoms. The summed E-state index contributed by atoms with van der Waals surface area (Å²) in [5.74, 6) is -0.753. The predicted molar refractivity (Wildman–Crippen MR) is 96.4 cm³/mol. The maximum absolute atomic E-state index is 12.3. The number of hydrogen-bond donors (Lipinski definition) is 1. The van der Waals surface area contributed by atoms with E-state index in [1.54, 1.807) is 42.5 Å². The number of nitrogens with one attached hydrogen (secondary N) is 1. The largest absolute Gasteiger partial charge is 0.497 e. The molecule has 2 aromatic rings. The van der Waals surface area contributed by atoms with Crippen molar-refractivity contribution in [2.45, 2.75) is 20.0 Å². The highest BCUT2D eigenvalue weighted by molar-refractivity contribution is 6.00. The van der Waals surface area contributed by atoms with Gasteiger partial charge in [0.15, 0.2) is 6.10 Å². The van der Waals surface area contributed by atoms with Gasteiger partial charge in [0.05, 0.1) is 7.11 Å². The molecule has 2 rings (SSSR count). The molecule has 0 bridgehead atoms. The normalized spacial score (nSPS) is 11.3. The van der Waals surface area contributed by atoms with Crippen LogP contribution in [0.15, 0.2) is 48.5 Å². The average Bonchev–Trinajstić information content (AvgIpc) is 2.65. The molecule has 0 fully saturated rings. The van der Waals surface area contributed by atoms with Crippen LogP contribution >= 0.6 is 0 Å². The van der Waals surface area contributed by atoms with E-state index in [0.717, 1.165) is 5.56 Å². The van der Waals surface area contributed by atoms with Crippen LogP contribution in [0.1, 0.15) is 33.2 Å². The van der Waals surface area contributed by atoms with Gasteiger partial charge < -0.3 is 14.8 Å². The first-order chi connectivity index (χ1) is 12.4. The molecule has 0 aliphatic rings. The summed E-state index contributed by atoms with van der Waals surface area (Å²) in [5, 5.41) is 2.48. The second-order valence-corrected chi connectivity index (χ2v) is 5.78. The monoisotopic (exact) mass is 355 g/mol. The Labute approximate surface area is 152 Å². The minimum atomic E-state index is -0.952. The highest BCUT2D eigenvalue weighted by Crippen LogP contribution is 2.13. The molecular formula is C20H21NO5. The van der Waals surface area contributed by atoms with E-state index >= 15 is 0 Å². The highest BCUT2D eigenvalue weighted by atomic mass is 16.5. The SMILES string of the molecule is COc1ccc(C(=O)[C@H](C)OC(=O)CNC(=O)c2cccc(C)c2)cc1. The van der Waals surface area contributed by atoms with Gasteiger partial charge >= 0.3 is 5.97 Å². The Bertz CT molecular complexity index is 798. The van der Waals surface area contributed by atoms with Gasteiger partial charge in [-0.1, -0.05) is 17.7 Å². The molecule has 0 spiro atoms. The molecule has 1 amide bonds. The molecule has 6 nitrogen and oxygen atoms in total. The number of aryl methyl sites for hydroxylation is 1. The van der Waals surface area contributed by atoms with Crippen molar-refractivity contribution in [1.82, 2.24) is 5.32 Å². The average molecular weight is 355 g/mol. The highest BCUT2D eigenvalue weighted by Gasteiger charge is 2.20. The lowest BCUT2D eigenvalue weighted by Gasteiger charge is -2.13. The molecule has 6 heteroatoms. The molecule has 0 radical (unpaired) electrons. The second-order valence-electron chi connectivity index (χ2n) is 5.78. The number of hydrogen-bond acceptors (Lipinski definition) is 5. The molecule has 0 unspecified atom stereocenters. The van der Waals surface area contributed by atoms with Gasteiger partial charge in [-0.3, -0.25) is 14.4 Å². The molecule has 2 aromatic carbocycles. The Kier molecular flexibility index (Phi) is 6.49. The van der Waals surface area contributed by atoms with Crippen LogP contribution in [-0.2, 0) is 9.53 Å². The van der Waals surface area contributed by atoms with Gasteiger partial charge in [0.1, 0.15) is 12.3 Å². The Hall–Kier alpha value is -3.15. The molecule has 0 aliphatic carbocycles. The molecule has 136 valence electrons. The lowest BCUT2D eigenvalue weighted by Crippen LogP contribution is -2.34. The molecule has 0 saturated heterocycles. The summed E-state index contributed by atoms with van der Waals surface area (Å²) in [4.78, 5) is 36.2. The van der Waals surface area contributed by atoms with Gasteiger partial charge in [0, 0.05) is 11.1 Å². The van der Waals surface area contributed by atoms with E-state index in [1.165, 1.54) is 14.0 Å². The molecule has 0 saturated carbocycles. The Morgan fingerprint density at radius 3 is 2.35 bits per heavy atom. The number of carbonyl (C=O) groups is 3. The fourth-order valence-electron chi connectivity index (χ4n) is 2.32. The maximum atomic E-state index is 12.3. The predicted octanol–water partition coefficient (Wildman–Crippen LogP) is 2.55. The van der Waals surface area contributed by atoms with Gasteiger partial charge in [-0.2, -0.15) is 0 Å². The number of Topliss-reactive ketones (excluding diaryl/α,β-unsaturated/α-hetero) is 1. The smallest absolute Gasteiger partial charge is 0.326 e. The topological polar surface area (TPSA) is 81.7 Å². The zero-order valence-electron chi connectivity index (χ0n) is 14.9. The van der Waals surface area contributed by atoms with E-state index < -0.39 is 12.1 Å². The number of rotatable bonds is 7. The fourth-order valence-corrected chi connectivity index (χ4v) is 2.32. The number of benzene rings is 2. The van der Waals surface area contributed by atoms with Crippen molar-refractivity contribution >= 4 is 17.7 Å². The minimum Gasteiger partial charge on any atom is -0.497 e. The van der Waals surface area contributed by atoms with E-state index in [9.17, 15) is 14.4 Å². The number of methoxy groups -OCH3 is 1. The standard InChI is InChI=1S/C20H21NO5/c1-13-5-4-6-16(11-13)20(24)21-12-18(22)26-14(2)19(23)15-7-9-17(25-3)10-8-15/h4-11,14H,12H2,1-3H3,(H,21,24)/t14-/m0/s1. The van der Waals surface area contributed by atoms with E-state index in [2.05, 4.69) is 5.32 Å². The van der Waals surface area contributed by atoms with Crippen LogP contribution in [0.2, 0.25) is 0 Å². The van der Waals surface area contributed by atoms with E-state index in [1.807, 2.05) is 13.0 Å². The molecule has 1 N–H and O–H groups in total. The Morgan fingerprint density at radius 2 is 1.73 bits per heavy atom. The second kappa shape index (κ2) is 8.80. The van der Waals surface area contributed by atoms with Crippen molar-refractivity contribution in [3.63, 3.8) is 0 Å². The molecule has 0 aliphatic heterocycles. The first-order valence-electron chi connectivity index (χ1n) is 8.13. The van der Waals surface area contributed by atoms with E-state index in [0.29, 0.717) is 16.9 Å². The number of ether oxygens (including phenoxy) is 2. The molecular weight excluding hydrogens is 334 g/mol. The van der Waals surface area contributed by atoms with Gasteiger partial charge in [0.25, 0.3) is 5.91 Å². The van der Waals surface area contributed by atoms with Crippen molar-refractivity contribution in [1.29, 1.82) is 0 Å². The zero-order chi connectivity index (χ0) is 19.1. The van der Waals surface area contributed by atoms with Crippen LogP contribution < -0.4 is 10.1 Å². The van der Waals surface area contributed by atoms with Crippen molar-refractivity contribution in [3.05, 3.63) is 65.2 Å². The Morgan fingerprint density at radius 1 is 1.04 bits per heavy atom. The van der Waals surface area contributed by atoms with Crippen molar-refractivity contribution in [3.8, 4) is 5.75 Å². The van der Waals surface area contributed by atoms with Gasteiger partial charge in [0.2, 0.25) is 5.78 Å². The first kappa shape index (κ1) is 19.2. The molecule has 1 atom stereocenters. The maximum Gasteiger partial charge on any atom is 0.326 e. The third kappa shape index (κ3) is 5.17. The summed E-state index contributed by atoms with van der Waals surface area (Å²) in [5.41, 5.74) is 1.81. The third-order valence-corrected chi connectivity index (χ3v) is 3.73.